The molecule has 0 heterocycles. The SMILES string of the molecule is CC(=O)Nc1ccc(NC(=O)C2CCC(C(=O)NC(C)(C)C)CC2)cc1. The summed E-state index contributed by atoms with van der Waals surface area (Å²) in [5, 5.41) is 8.63. The number of carbonyl (C=O) groups is 3. The summed E-state index contributed by atoms with van der Waals surface area (Å²) in [5.74, 6) is -0.121. The van der Waals surface area contributed by atoms with E-state index in [-0.39, 0.29) is 35.1 Å². The molecular formula is C20H29N3O3. The Hall–Kier alpha value is -2.37. The highest BCUT2D eigenvalue weighted by Crippen LogP contribution is 2.30. The van der Waals surface area contributed by atoms with E-state index in [1.165, 1.54) is 6.92 Å². The van der Waals surface area contributed by atoms with Gasteiger partial charge in [-0.2, -0.15) is 0 Å². The number of anilines is 2. The van der Waals surface area contributed by atoms with Gasteiger partial charge in [-0.3, -0.25) is 14.4 Å². The van der Waals surface area contributed by atoms with Gasteiger partial charge >= 0.3 is 0 Å². The molecule has 1 aliphatic rings. The van der Waals surface area contributed by atoms with Crippen molar-refractivity contribution in [3.8, 4) is 0 Å². The lowest BCUT2D eigenvalue weighted by Gasteiger charge is -2.30. The third-order valence-corrected chi connectivity index (χ3v) is 4.44. The van der Waals surface area contributed by atoms with E-state index in [0.717, 1.165) is 25.7 Å². The van der Waals surface area contributed by atoms with Crippen LogP contribution in [0.15, 0.2) is 24.3 Å². The average molecular weight is 359 g/mol. The van der Waals surface area contributed by atoms with Crippen molar-refractivity contribution in [2.24, 2.45) is 11.8 Å². The highest BCUT2D eigenvalue weighted by molar-refractivity contribution is 5.93. The molecule has 0 spiro atoms. The summed E-state index contributed by atoms with van der Waals surface area (Å²) in [4.78, 5) is 35.7. The number of carbonyl (C=O) groups excluding carboxylic acids is 3. The maximum atomic E-state index is 12.5. The maximum absolute atomic E-state index is 12.5. The zero-order chi connectivity index (χ0) is 19.3. The van der Waals surface area contributed by atoms with Crippen LogP contribution in [0.2, 0.25) is 0 Å². The minimum absolute atomic E-state index is 0.00443. The summed E-state index contributed by atoms with van der Waals surface area (Å²) < 4.78 is 0. The fraction of sp³-hybridized carbons (Fsp3) is 0.550. The molecule has 0 atom stereocenters. The largest absolute Gasteiger partial charge is 0.351 e. The van der Waals surface area contributed by atoms with Gasteiger partial charge in [0, 0.05) is 35.7 Å². The lowest BCUT2D eigenvalue weighted by atomic mass is 9.81. The van der Waals surface area contributed by atoms with Gasteiger partial charge in [-0.15, -0.1) is 0 Å². The molecule has 0 aromatic heterocycles. The minimum Gasteiger partial charge on any atom is -0.351 e. The molecule has 1 fully saturated rings. The van der Waals surface area contributed by atoms with Crippen LogP contribution in [0.3, 0.4) is 0 Å². The van der Waals surface area contributed by atoms with Crippen molar-refractivity contribution >= 4 is 29.1 Å². The lowest BCUT2D eigenvalue weighted by Crippen LogP contribution is -2.45. The molecule has 6 heteroatoms. The van der Waals surface area contributed by atoms with Crippen LogP contribution in [0.5, 0.6) is 0 Å². The highest BCUT2D eigenvalue weighted by atomic mass is 16.2. The maximum Gasteiger partial charge on any atom is 0.227 e. The van der Waals surface area contributed by atoms with Crippen molar-refractivity contribution in [1.82, 2.24) is 5.32 Å². The molecule has 0 aliphatic heterocycles. The molecule has 0 radical (unpaired) electrons. The number of hydrogen-bond donors (Lipinski definition) is 3. The normalized spacial score (nSPS) is 20.2. The molecule has 1 aromatic carbocycles. The van der Waals surface area contributed by atoms with Gasteiger partial charge in [-0.25, -0.2) is 0 Å². The number of benzene rings is 1. The van der Waals surface area contributed by atoms with Crippen LogP contribution in [-0.4, -0.2) is 23.3 Å². The second kappa shape index (κ2) is 8.34. The predicted molar refractivity (Wildman–Crippen MR) is 103 cm³/mol. The molecule has 0 saturated heterocycles. The van der Waals surface area contributed by atoms with Gasteiger partial charge in [0.15, 0.2) is 0 Å². The first-order valence-electron chi connectivity index (χ1n) is 9.14. The second-order valence-electron chi connectivity index (χ2n) is 8.04. The molecular weight excluding hydrogens is 330 g/mol. The fourth-order valence-electron chi connectivity index (χ4n) is 3.17. The highest BCUT2D eigenvalue weighted by Gasteiger charge is 2.31. The van der Waals surface area contributed by atoms with E-state index in [9.17, 15) is 14.4 Å². The van der Waals surface area contributed by atoms with Gasteiger partial charge in [0.1, 0.15) is 0 Å². The Kier molecular flexibility index (Phi) is 6.40. The summed E-state index contributed by atoms with van der Waals surface area (Å²) in [6.45, 7) is 7.37. The lowest BCUT2D eigenvalue weighted by molar-refractivity contribution is -0.129. The Balaban J connectivity index is 1.83. The van der Waals surface area contributed by atoms with Crippen LogP contribution in [0.1, 0.15) is 53.4 Å². The zero-order valence-electron chi connectivity index (χ0n) is 16.0. The summed E-state index contributed by atoms with van der Waals surface area (Å²) in [7, 11) is 0. The van der Waals surface area contributed by atoms with Gasteiger partial charge in [0.2, 0.25) is 17.7 Å². The zero-order valence-corrected chi connectivity index (χ0v) is 16.0. The molecule has 142 valence electrons. The molecule has 6 nitrogen and oxygen atoms in total. The summed E-state index contributed by atoms with van der Waals surface area (Å²) in [6.07, 6.45) is 2.92. The number of nitrogens with one attached hydrogen (secondary N) is 3. The van der Waals surface area contributed by atoms with Crippen LogP contribution in [0, 0.1) is 11.8 Å². The Bertz CT molecular complexity index is 654. The molecule has 3 N–H and O–H groups in total. The van der Waals surface area contributed by atoms with Crippen molar-refractivity contribution in [2.75, 3.05) is 10.6 Å². The third-order valence-electron chi connectivity index (χ3n) is 4.44. The average Bonchev–Trinajstić information content (AvgIpc) is 2.55. The number of amides is 3. The molecule has 1 saturated carbocycles. The first kappa shape index (κ1) is 19.9. The van der Waals surface area contributed by atoms with Gasteiger partial charge in [-0.1, -0.05) is 0 Å². The molecule has 3 amide bonds. The third kappa shape index (κ3) is 6.17. The summed E-state index contributed by atoms with van der Waals surface area (Å²) in [6, 6.07) is 7.05. The van der Waals surface area contributed by atoms with Gasteiger partial charge in [0.25, 0.3) is 0 Å². The van der Waals surface area contributed by atoms with Crippen molar-refractivity contribution in [2.45, 2.75) is 58.9 Å². The quantitative estimate of drug-likeness (QED) is 0.771. The van der Waals surface area contributed by atoms with Crippen LogP contribution >= 0.6 is 0 Å². The van der Waals surface area contributed by atoms with Crippen LogP contribution in [0.4, 0.5) is 11.4 Å². The number of rotatable bonds is 4. The monoisotopic (exact) mass is 359 g/mol. The van der Waals surface area contributed by atoms with Gasteiger partial charge in [-0.05, 0) is 70.7 Å². The Morgan fingerprint density at radius 1 is 0.808 bits per heavy atom. The molecule has 0 bridgehead atoms. The van der Waals surface area contributed by atoms with Gasteiger partial charge < -0.3 is 16.0 Å². The smallest absolute Gasteiger partial charge is 0.227 e. The molecule has 1 aromatic rings. The van der Waals surface area contributed by atoms with Crippen molar-refractivity contribution in [3.63, 3.8) is 0 Å². The van der Waals surface area contributed by atoms with E-state index in [1.54, 1.807) is 24.3 Å². The number of hydrogen-bond acceptors (Lipinski definition) is 3. The molecule has 0 unspecified atom stereocenters. The summed E-state index contributed by atoms with van der Waals surface area (Å²) >= 11 is 0. The van der Waals surface area contributed by atoms with Crippen LogP contribution < -0.4 is 16.0 Å². The molecule has 1 aliphatic carbocycles. The Labute approximate surface area is 155 Å². The minimum atomic E-state index is -0.227. The van der Waals surface area contributed by atoms with Gasteiger partial charge in [0.05, 0.1) is 0 Å². The topological polar surface area (TPSA) is 87.3 Å². The van der Waals surface area contributed by atoms with E-state index in [4.69, 9.17) is 0 Å². The van der Waals surface area contributed by atoms with E-state index in [1.807, 2.05) is 20.8 Å². The standard InChI is InChI=1S/C20H29N3O3/c1-13(24)21-16-9-11-17(12-10-16)22-18(25)14-5-7-15(8-6-14)19(26)23-20(2,3)4/h9-12,14-15H,5-8H2,1-4H3,(H,21,24)(H,22,25)(H,23,26). The van der Waals surface area contributed by atoms with E-state index in [0.29, 0.717) is 11.4 Å². The van der Waals surface area contributed by atoms with E-state index < -0.39 is 0 Å². The fourth-order valence-corrected chi connectivity index (χ4v) is 3.17. The Morgan fingerprint density at radius 2 is 1.23 bits per heavy atom. The first-order valence-corrected chi connectivity index (χ1v) is 9.14. The van der Waals surface area contributed by atoms with Crippen LogP contribution in [0.25, 0.3) is 0 Å². The van der Waals surface area contributed by atoms with Crippen molar-refractivity contribution in [1.29, 1.82) is 0 Å². The van der Waals surface area contributed by atoms with Crippen molar-refractivity contribution < 1.29 is 14.4 Å². The van der Waals surface area contributed by atoms with E-state index in [2.05, 4.69) is 16.0 Å². The summed E-state index contributed by atoms with van der Waals surface area (Å²) in [5.41, 5.74) is 1.17. The Morgan fingerprint density at radius 3 is 1.65 bits per heavy atom. The van der Waals surface area contributed by atoms with Crippen LogP contribution in [-0.2, 0) is 14.4 Å². The second-order valence-corrected chi connectivity index (χ2v) is 8.04. The van der Waals surface area contributed by atoms with E-state index >= 15 is 0 Å². The first-order chi connectivity index (χ1) is 12.1. The molecule has 26 heavy (non-hydrogen) atoms. The van der Waals surface area contributed by atoms with Crippen molar-refractivity contribution in [3.05, 3.63) is 24.3 Å². The molecule has 2 rings (SSSR count). The predicted octanol–water partition coefficient (Wildman–Crippen LogP) is 3.30.